The van der Waals surface area contributed by atoms with E-state index in [1.165, 1.54) is 22.3 Å². The number of hydrogen-bond acceptors (Lipinski definition) is 1. The van der Waals surface area contributed by atoms with E-state index < -0.39 is 0 Å². The lowest BCUT2D eigenvalue weighted by Crippen LogP contribution is -2.23. The molecule has 0 atom stereocenters. The first-order chi connectivity index (χ1) is 10.1. The molecule has 0 radical (unpaired) electrons. The first-order valence-electron chi connectivity index (χ1n) is 7.41. The summed E-state index contributed by atoms with van der Waals surface area (Å²) in [4.78, 5) is 4.34. The van der Waals surface area contributed by atoms with Crippen LogP contribution in [0.4, 0.5) is 5.69 Å². The minimum atomic E-state index is 0.485. The number of benzene rings is 2. The van der Waals surface area contributed by atoms with E-state index in [0.29, 0.717) is 11.9 Å². The van der Waals surface area contributed by atoms with Crippen LogP contribution in [0.3, 0.4) is 0 Å². The number of nitrogens with two attached hydrogens (primary N) is 1. The van der Waals surface area contributed by atoms with Crippen molar-refractivity contribution in [1.82, 2.24) is 0 Å². The lowest BCUT2D eigenvalue weighted by molar-refractivity contribution is 0.665. The zero-order valence-corrected chi connectivity index (χ0v) is 12.6. The SMILES string of the molecule is CC(C)CN=C(N)Nc1ccc2c(c1)Cc1ccccc1-2. The van der Waals surface area contributed by atoms with Gasteiger partial charge in [-0.2, -0.15) is 0 Å². The molecule has 2 aromatic carbocycles. The van der Waals surface area contributed by atoms with Crippen LogP contribution >= 0.6 is 0 Å². The highest BCUT2D eigenvalue weighted by Crippen LogP contribution is 2.37. The van der Waals surface area contributed by atoms with Crippen LogP contribution in [0, 0.1) is 5.92 Å². The number of fused-ring (bicyclic) bond motifs is 3. The molecule has 3 N–H and O–H groups in total. The number of hydrogen-bond donors (Lipinski definition) is 2. The predicted octanol–water partition coefficient (Wildman–Crippen LogP) is 3.64. The van der Waals surface area contributed by atoms with Gasteiger partial charge in [-0.1, -0.05) is 44.2 Å². The molecule has 0 unspecified atom stereocenters. The van der Waals surface area contributed by atoms with E-state index in [9.17, 15) is 0 Å². The second kappa shape index (κ2) is 5.60. The summed E-state index contributed by atoms with van der Waals surface area (Å²) in [5, 5.41) is 3.18. The van der Waals surface area contributed by atoms with Crippen molar-refractivity contribution in [3.63, 3.8) is 0 Å². The van der Waals surface area contributed by atoms with E-state index in [1.807, 2.05) is 0 Å². The van der Waals surface area contributed by atoms with Crippen LogP contribution in [-0.4, -0.2) is 12.5 Å². The van der Waals surface area contributed by atoms with Crippen LogP contribution in [0.2, 0.25) is 0 Å². The number of nitrogens with zero attached hydrogens (tertiary/aromatic N) is 1. The molecule has 3 rings (SSSR count). The summed E-state index contributed by atoms with van der Waals surface area (Å²) in [6.45, 7) is 5.00. The van der Waals surface area contributed by atoms with Gasteiger partial charge in [0.15, 0.2) is 5.96 Å². The standard InChI is InChI=1S/C18H21N3/c1-12(2)11-20-18(19)21-15-7-8-17-14(10-15)9-13-5-3-4-6-16(13)17/h3-8,10,12H,9,11H2,1-2H3,(H3,19,20,21). The minimum absolute atomic E-state index is 0.485. The van der Waals surface area contributed by atoms with Gasteiger partial charge in [-0.15, -0.1) is 0 Å². The molecule has 0 saturated carbocycles. The minimum Gasteiger partial charge on any atom is -0.370 e. The second-order valence-corrected chi connectivity index (χ2v) is 5.95. The largest absolute Gasteiger partial charge is 0.370 e. The lowest BCUT2D eigenvalue weighted by Gasteiger charge is -2.09. The molecular weight excluding hydrogens is 258 g/mol. The molecule has 0 aliphatic heterocycles. The maximum Gasteiger partial charge on any atom is 0.193 e. The fourth-order valence-corrected chi connectivity index (χ4v) is 2.69. The van der Waals surface area contributed by atoms with Crippen molar-refractivity contribution >= 4 is 11.6 Å². The van der Waals surface area contributed by atoms with E-state index >= 15 is 0 Å². The van der Waals surface area contributed by atoms with Gasteiger partial charge in [0, 0.05) is 12.2 Å². The molecular formula is C18H21N3. The predicted molar refractivity (Wildman–Crippen MR) is 89.6 cm³/mol. The molecule has 2 aromatic rings. The van der Waals surface area contributed by atoms with Crippen molar-refractivity contribution in [2.75, 3.05) is 11.9 Å². The maximum absolute atomic E-state index is 5.92. The van der Waals surface area contributed by atoms with Gasteiger partial charge in [0.1, 0.15) is 0 Å². The maximum atomic E-state index is 5.92. The van der Waals surface area contributed by atoms with Crippen molar-refractivity contribution in [2.45, 2.75) is 20.3 Å². The highest BCUT2D eigenvalue weighted by molar-refractivity contribution is 5.93. The van der Waals surface area contributed by atoms with Crippen molar-refractivity contribution in [2.24, 2.45) is 16.6 Å². The molecule has 0 saturated heterocycles. The molecule has 1 aliphatic rings. The Kier molecular flexibility index (Phi) is 3.65. The normalized spacial score (nSPS) is 13.2. The fourth-order valence-electron chi connectivity index (χ4n) is 2.69. The Morgan fingerprint density at radius 2 is 1.90 bits per heavy atom. The van der Waals surface area contributed by atoms with E-state index in [0.717, 1.165) is 18.7 Å². The van der Waals surface area contributed by atoms with Gasteiger partial charge in [0.25, 0.3) is 0 Å². The number of guanidine groups is 1. The lowest BCUT2D eigenvalue weighted by atomic mass is 10.1. The topological polar surface area (TPSA) is 50.4 Å². The molecule has 0 spiro atoms. The number of anilines is 1. The second-order valence-electron chi connectivity index (χ2n) is 5.95. The highest BCUT2D eigenvalue weighted by Gasteiger charge is 2.17. The summed E-state index contributed by atoms with van der Waals surface area (Å²) < 4.78 is 0. The summed E-state index contributed by atoms with van der Waals surface area (Å²) in [6, 6.07) is 15.0. The van der Waals surface area contributed by atoms with Crippen LogP contribution < -0.4 is 11.1 Å². The summed E-state index contributed by atoms with van der Waals surface area (Å²) in [6.07, 6.45) is 0.990. The van der Waals surface area contributed by atoms with Crippen molar-refractivity contribution in [3.05, 3.63) is 53.6 Å². The molecule has 0 fully saturated rings. The van der Waals surface area contributed by atoms with Gasteiger partial charge in [-0.05, 0) is 46.7 Å². The van der Waals surface area contributed by atoms with E-state index in [2.05, 4.69) is 66.6 Å². The van der Waals surface area contributed by atoms with Gasteiger partial charge >= 0.3 is 0 Å². The quantitative estimate of drug-likeness (QED) is 0.568. The van der Waals surface area contributed by atoms with Crippen LogP contribution in [0.5, 0.6) is 0 Å². The molecule has 1 aliphatic carbocycles. The zero-order valence-electron chi connectivity index (χ0n) is 12.6. The van der Waals surface area contributed by atoms with Crippen LogP contribution in [0.25, 0.3) is 11.1 Å². The molecule has 0 amide bonds. The molecule has 3 nitrogen and oxygen atoms in total. The Balaban J connectivity index is 1.80. The highest BCUT2D eigenvalue weighted by atomic mass is 15.1. The Bertz CT molecular complexity index is 687. The number of nitrogens with one attached hydrogen (secondary N) is 1. The molecule has 21 heavy (non-hydrogen) atoms. The van der Waals surface area contributed by atoms with Crippen LogP contribution in [-0.2, 0) is 6.42 Å². The summed E-state index contributed by atoms with van der Waals surface area (Å²) in [7, 11) is 0. The summed E-state index contributed by atoms with van der Waals surface area (Å²) >= 11 is 0. The average Bonchev–Trinajstić information content (AvgIpc) is 2.82. The Labute approximate surface area is 125 Å². The smallest absolute Gasteiger partial charge is 0.193 e. The van der Waals surface area contributed by atoms with Crippen molar-refractivity contribution < 1.29 is 0 Å². The molecule has 0 heterocycles. The summed E-state index contributed by atoms with van der Waals surface area (Å²) in [5.41, 5.74) is 12.3. The zero-order chi connectivity index (χ0) is 14.8. The van der Waals surface area contributed by atoms with Crippen molar-refractivity contribution in [3.8, 4) is 11.1 Å². The molecule has 0 bridgehead atoms. The summed E-state index contributed by atoms with van der Waals surface area (Å²) in [5.74, 6) is 0.999. The van der Waals surface area contributed by atoms with E-state index in [1.54, 1.807) is 0 Å². The first kappa shape index (κ1) is 13.7. The Hall–Kier alpha value is -2.29. The monoisotopic (exact) mass is 279 g/mol. The molecule has 0 aromatic heterocycles. The van der Waals surface area contributed by atoms with Gasteiger partial charge < -0.3 is 11.1 Å². The molecule has 108 valence electrons. The van der Waals surface area contributed by atoms with Gasteiger partial charge in [0.2, 0.25) is 0 Å². The third-order valence-electron chi connectivity index (χ3n) is 3.69. The first-order valence-corrected chi connectivity index (χ1v) is 7.41. The van der Waals surface area contributed by atoms with Gasteiger partial charge in [-0.3, -0.25) is 4.99 Å². The number of aliphatic imine (C=N–C) groups is 1. The fraction of sp³-hybridized carbons (Fsp3) is 0.278. The van der Waals surface area contributed by atoms with Crippen LogP contribution in [0.1, 0.15) is 25.0 Å². The van der Waals surface area contributed by atoms with E-state index in [4.69, 9.17) is 5.73 Å². The number of rotatable bonds is 3. The molecule has 3 heteroatoms. The van der Waals surface area contributed by atoms with Gasteiger partial charge in [-0.25, -0.2) is 0 Å². The van der Waals surface area contributed by atoms with Gasteiger partial charge in [0.05, 0.1) is 0 Å². The van der Waals surface area contributed by atoms with E-state index in [-0.39, 0.29) is 0 Å². The Morgan fingerprint density at radius 3 is 2.71 bits per heavy atom. The van der Waals surface area contributed by atoms with Crippen LogP contribution in [0.15, 0.2) is 47.5 Å². The third kappa shape index (κ3) is 2.92. The average molecular weight is 279 g/mol. The Morgan fingerprint density at radius 1 is 1.14 bits per heavy atom. The third-order valence-corrected chi connectivity index (χ3v) is 3.69. The van der Waals surface area contributed by atoms with Crippen molar-refractivity contribution in [1.29, 1.82) is 0 Å².